The van der Waals surface area contributed by atoms with E-state index >= 15 is 0 Å². The van der Waals surface area contributed by atoms with Gasteiger partial charge >= 0.3 is 0 Å². The van der Waals surface area contributed by atoms with E-state index in [2.05, 4.69) is 5.32 Å². The first-order chi connectivity index (χ1) is 15.2. The van der Waals surface area contributed by atoms with Crippen molar-refractivity contribution in [3.63, 3.8) is 0 Å². The Kier molecular flexibility index (Phi) is 7.46. The lowest BCUT2D eigenvalue weighted by molar-refractivity contribution is -0.137. The summed E-state index contributed by atoms with van der Waals surface area (Å²) in [5.74, 6) is 0.379. The van der Waals surface area contributed by atoms with Gasteiger partial charge in [0.15, 0.2) is 0 Å². The molecule has 32 heavy (non-hydrogen) atoms. The van der Waals surface area contributed by atoms with E-state index < -0.39 is 0 Å². The fourth-order valence-corrected chi connectivity index (χ4v) is 3.46. The predicted molar refractivity (Wildman–Crippen MR) is 129 cm³/mol. The molecule has 0 saturated heterocycles. The van der Waals surface area contributed by atoms with Gasteiger partial charge in [0.25, 0.3) is 0 Å². The number of nitrogens with zero attached hydrogens (tertiary/aromatic N) is 3. The Bertz CT molecular complexity index is 1050. The van der Waals surface area contributed by atoms with E-state index in [1.54, 1.807) is 4.90 Å². The molecule has 0 aliphatic carbocycles. The van der Waals surface area contributed by atoms with Crippen LogP contribution in [0.4, 0.5) is 5.95 Å². The van der Waals surface area contributed by atoms with Crippen LogP contribution in [0.15, 0.2) is 60.8 Å². The lowest BCUT2D eigenvalue weighted by Crippen LogP contribution is -2.43. The third kappa shape index (κ3) is 5.84. The molecule has 0 saturated carbocycles. The molecule has 0 radical (unpaired) electrons. The highest BCUT2D eigenvalue weighted by molar-refractivity contribution is 5.94. The van der Waals surface area contributed by atoms with Gasteiger partial charge in [0.1, 0.15) is 6.54 Å². The third-order valence-electron chi connectivity index (χ3n) is 5.18. The van der Waals surface area contributed by atoms with Crippen molar-refractivity contribution < 1.29 is 9.59 Å². The Morgan fingerprint density at radius 1 is 1.00 bits per heavy atom. The number of carbonyl (C=O) groups is 2. The third-order valence-corrected chi connectivity index (χ3v) is 5.18. The molecular weight excluding hydrogens is 400 g/mol. The van der Waals surface area contributed by atoms with Gasteiger partial charge in [-0.15, -0.1) is 0 Å². The Balaban J connectivity index is 1.88. The summed E-state index contributed by atoms with van der Waals surface area (Å²) < 4.78 is 1.87. The van der Waals surface area contributed by atoms with Crippen LogP contribution in [0.3, 0.4) is 0 Å². The molecule has 3 aromatic rings. The average Bonchev–Trinajstić information content (AvgIpc) is 3.16. The topological polar surface area (TPSA) is 67.2 Å². The number of amides is 2. The van der Waals surface area contributed by atoms with Gasteiger partial charge in [-0.1, -0.05) is 61.9 Å². The highest BCUT2D eigenvalue weighted by Crippen LogP contribution is 2.24. The van der Waals surface area contributed by atoms with Gasteiger partial charge in [0.2, 0.25) is 17.8 Å². The van der Waals surface area contributed by atoms with Crippen molar-refractivity contribution in [3.05, 3.63) is 66.4 Å². The first kappa shape index (κ1) is 23.3. The summed E-state index contributed by atoms with van der Waals surface area (Å²) in [7, 11) is 0. The summed E-state index contributed by atoms with van der Waals surface area (Å²) >= 11 is 0. The Morgan fingerprint density at radius 2 is 1.66 bits per heavy atom. The van der Waals surface area contributed by atoms with Crippen molar-refractivity contribution in [2.24, 2.45) is 5.92 Å². The van der Waals surface area contributed by atoms with Gasteiger partial charge in [-0.25, -0.2) is 4.98 Å². The fraction of sp³-hybridized carbons (Fsp3) is 0.346. The van der Waals surface area contributed by atoms with Crippen LogP contribution in [0.5, 0.6) is 0 Å². The highest BCUT2D eigenvalue weighted by atomic mass is 16.2. The largest absolute Gasteiger partial charge is 0.331 e. The van der Waals surface area contributed by atoms with Crippen LogP contribution in [0, 0.1) is 12.8 Å². The van der Waals surface area contributed by atoms with E-state index in [0.717, 1.165) is 22.5 Å². The van der Waals surface area contributed by atoms with Gasteiger partial charge in [-0.2, -0.15) is 0 Å². The number of hydrogen-bond donors (Lipinski definition) is 1. The first-order valence-electron chi connectivity index (χ1n) is 11.1. The van der Waals surface area contributed by atoms with Crippen LogP contribution in [-0.2, 0) is 9.59 Å². The van der Waals surface area contributed by atoms with E-state index in [1.807, 2.05) is 100.0 Å². The zero-order valence-corrected chi connectivity index (χ0v) is 19.5. The lowest BCUT2D eigenvalue weighted by Gasteiger charge is -2.27. The SMILES string of the molecule is Cc1ccc(-n2cc(-c3ccccc3)nc2NC(=O)CN(C(=O)CC(C)C)C(C)C)cc1. The summed E-state index contributed by atoms with van der Waals surface area (Å²) in [4.78, 5) is 31.9. The monoisotopic (exact) mass is 432 g/mol. The number of rotatable bonds is 8. The van der Waals surface area contributed by atoms with Gasteiger partial charge < -0.3 is 4.90 Å². The number of carbonyl (C=O) groups excluding carboxylic acids is 2. The number of hydrogen-bond acceptors (Lipinski definition) is 3. The maximum Gasteiger partial charge on any atom is 0.246 e. The minimum Gasteiger partial charge on any atom is -0.331 e. The number of aromatic nitrogens is 2. The Morgan fingerprint density at radius 3 is 2.25 bits per heavy atom. The zero-order chi connectivity index (χ0) is 23.3. The summed E-state index contributed by atoms with van der Waals surface area (Å²) in [6.45, 7) is 9.87. The zero-order valence-electron chi connectivity index (χ0n) is 19.5. The second kappa shape index (κ2) is 10.3. The molecule has 2 amide bonds. The maximum atomic E-state index is 12.9. The molecule has 1 aromatic heterocycles. The van der Waals surface area contributed by atoms with E-state index in [4.69, 9.17) is 4.98 Å². The second-order valence-electron chi connectivity index (χ2n) is 8.78. The predicted octanol–water partition coefficient (Wildman–Crippen LogP) is 5.07. The summed E-state index contributed by atoms with van der Waals surface area (Å²) in [6, 6.07) is 17.8. The Hall–Kier alpha value is -3.41. The van der Waals surface area contributed by atoms with Crippen LogP contribution in [-0.4, -0.2) is 38.9 Å². The van der Waals surface area contributed by atoms with Crippen molar-refractivity contribution >= 4 is 17.8 Å². The number of aryl methyl sites for hydroxylation is 1. The van der Waals surface area contributed by atoms with Crippen molar-refractivity contribution in [3.8, 4) is 16.9 Å². The van der Waals surface area contributed by atoms with E-state index in [9.17, 15) is 9.59 Å². The second-order valence-corrected chi connectivity index (χ2v) is 8.78. The van der Waals surface area contributed by atoms with Crippen LogP contribution in [0.2, 0.25) is 0 Å². The molecule has 3 rings (SSSR count). The minimum absolute atomic E-state index is 0.00928. The van der Waals surface area contributed by atoms with E-state index in [1.165, 1.54) is 0 Å². The molecule has 6 nitrogen and oxygen atoms in total. The molecular formula is C26H32N4O2. The molecule has 0 aliphatic heterocycles. The molecule has 0 unspecified atom stereocenters. The summed E-state index contributed by atoms with van der Waals surface area (Å²) in [5.41, 5.74) is 3.78. The van der Waals surface area contributed by atoms with E-state index in [-0.39, 0.29) is 30.3 Å². The average molecular weight is 433 g/mol. The van der Waals surface area contributed by atoms with Crippen LogP contribution >= 0.6 is 0 Å². The molecule has 1 heterocycles. The number of anilines is 1. The summed E-state index contributed by atoms with van der Waals surface area (Å²) in [5, 5.41) is 2.93. The standard InChI is InChI=1S/C26H32N4O2/c1-18(2)15-25(32)29(19(3)4)17-24(31)28-26-27-23(21-9-7-6-8-10-21)16-30(26)22-13-11-20(5)12-14-22/h6-14,16,18-19H,15,17H2,1-5H3,(H,27,28,31). The molecule has 0 spiro atoms. The lowest BCUT2D eigenvalue weighted by atomic mass is 10.1. The minimum atomic E-state index is -0.269. The maximum absolute atomic E-state index is 12.9. The molecule has 0 atom stereocenters. The highest BCUT2D eigenvalue weighted by Gasteiger charge is 2.22. The van der Waals surface area contributed by atoms with Gasteiger partial charge in [0, 0.05) is 29.9 Å². The van der Waals surface area contributed by atoms with Crippen LogP contribution < -0.4 is 5.32 Å². The fourth-order valence-electron chi connectivity index (χ4n) is 3.46. The smallest absolute Gasteiger partial charge is 0.246 e. The number of nitrogens with one attached hydrogen (secondary N) is 1. The Labute approximate surface area is 190 Å². The molecule has 6 heteroatoms. The van der Waals surface area contributed by atoms with Crippen LogP contribution in [0.25, 0.3) is 16.9 Å². The quantitative estimate of drug-likeness (QED) is 0.540. The number of imidazole rings is 1. The number of benzene rings is 2. The molecule has 168 valence electrons. The molecule has 2 aromatic carbocycles. The summed E-state index contributed by atoms with van der Waals surface area (Å²) in [6.07, 6.45) is 2.33. The molecule has 0 aliphatic rings. The first-order valence-corrected chi connectivity index (χ1v) is 11.1. The van der Waals surface area contributed by atoms with Crippen LogP contribution in [0.1, 0.15) is 39.7 Å². The molecule has 0 fully saturated rings. The van der Waals surface area contributed by atoms with Crippen molar-refractivity contribution in [1.29, 1.82) is 0 Å². The van der Waals surface area contributed by atoms with Gasteiger partial charge in [-0.3, -0.25) is 19.5 Å². The van der Waals surface area contributed by atoms with Crippen molar-refractivity contribution in [1.82, 2.24) is 14.5 Å². The van der Waals surface area contributed by atoms with Gasteiger partial charge in [-0.05, 0) is 38.8 Å². The van der Waals surface area contributed by atoms with Gasteiger partial charge in [0.05, 0.1) is 5.69 Å². The van der Waals surface area contributed by atoms with E-state index in [0.29, 0.717) is 12.4 Å². The molecule has 0 bridgehead atoms. The normalized spacial score (nSPS) is 11.1. The van der Waals surface area contributed by atoms with Crippen molar-refractivity contribution in [2.75, 3.05) is 11.9 Å². The van der Waals surface area contributed by atoms with Crippen molar-refractivity contribution in [2.45, 2.75) is 47.1 Å². The molecule has 1 N–H and O–H groups in total.